The highest BCUT2D eigenvalue weighted by atomic mass is 35.5. The number of carbonyl (C=O) groups excluding carboxylic acids is 1. The van der Waals surface area contributed by atoms with Gasteiger partial charge in [-0.1, -0.05) is 11.6 Å². The highest BCUT2D eigenvalue weighted by molar-refractivity contribution is 6.33. The van der Waals surface area contributed by atoms with Crippen LogP contribution in [0.4, 0.5) is 11.4 Å². The zero-order valence-electron chi connectivity index (χ0n) is 9.58. The fourth-order valence-electron chi connectivity index (χ4n) is 1.93. The summed E-state index contributed by atoms with van der Waals surface area (Å²) in [5.41, 5.74) is 0.753. The van der Waals surface area contributed by atoms with Crippen LogP contribution in [-0.2, 0) is 4.79 Å². The van der Waals surface area contributed by atoms with Gasteiger partial charge in [-0.05, 0) is 6.07 Å². The average molecular weight is 270 g/mol. The van der Waals surface area contributed by atoms with Gasteiger partial charge in [0.2, 0.25) is 6.41 Å². The van der Waals surface area contributed by atoms with Crippen molar-refractivity contribution in [2.45, 2.75) is 0 Å². The second kappa shape index (κ2) is 5.22. The summed E-state index contributed by atoms with van der Waals surface area (Å²) >= 11 is 6.05. The van der Waals surface area contributed by atoms with Crippen LogP contribution in [0.25, 0.3) is 0 Å². The molecule has 1 aromatic rings. The SMILES string of the molecule is O=CN1CCN(c2ccc([N+](=O)[O-])cc2Cl)CC1. The average Bonchev–Trinajstić information content (AvgIpc) is 2.38. The molecule has 7 heteroatoms. The van der Waals surface area contributed by atoms with E-state index in [0.717, 1.165) is 12.1 Å². The quantitative estimate of drug-likeness (QED) is 0.474. The molecule has 1 saturated heterocycles. The molecule has 0 aliphatic carbocycles. The number of nitrogens with zero attached hydrogens (tertiary/aromatic N) is 3. The summed E-state index contributed by atoms with van der Waals surface area (Å²) in [5.74, 6) is 0. The maximum absolute atomic E-state index is 10.6. The van der Waals surface area contributed by atoms with E-state index in [0.29, 0.717) is 31.2 Å². The van der Waals surface area contributed by atoms with Crippen molar-refractivity contribution < 1.29 is 9.72 Å². The van der Waals surface area contributed by atoms with Crippen molar-refractivity contribution in [2.24, 2.45) is 0 Å². The molecule has 0 atom stereocenters. The van der Waals surface area contributed by atoms with Gasteiger partial charge in [-0.15, -0.1) is 0 Å². The molecule has 0 radical (unpaired) electrons. The van der Waals surface area contributed by atoms with E-state index in [1.54, 1.807) is 11.0 Å². The number of nitro groups is 1. The predicted molar refractivity (Wildman–Crippen MR) is 68.0 cm³/mol. The van der Waals surface area contributed by atoms with Crippen LogP contribution < -0.4 is 4.90 Å². The van der Waals surface area contributed by atoms with Gasteiger partial charge in [0.25, 0.3) is 5.69 Å². The zero-order valence-corrected chi connectivity index (χ0v) is 10.3. The van der Waals surface area contributed by atoms with Gasteiger partial charge >= 0.3 is 0 Å². The molecule has 0 spiro atoms. The van der Waals surface area contributed by atoms with E-state index in [2.05, 4.69) is 0 Å². The third-order valence-corrected chi connectivity index (χ3v) is 3.25. The monoisotopic (exact) mass is 269 g/mol. The van der Waals surface area contributed by atoms with Crippen molar-refractivity contribution in [3.8, 4) is 0 Å². The van der Waals surface area contributed by atoms with Crippen molar-refractivity contribution in [1.82, 2.24) is 4.90 Å². The molecule has 18 heavy (non-hydrogen) atoms. The molecule has 1 aliphatic rings. The number of amides is 1. The number of anilines is 1. The Hall–Kier alpha value is -1.82. The Kier molecular flexibility index (Phi) is 3.66. The molecule has 1 aromatic carbocycles. The highest BCUT2D eigenvalue weighted by Crippen LogP contribution is 2.30. The molecule has 0 bridgehead atoms. The van der Waals surface area contributed by atoms with E-state index in [4.69, 9.17) is 11.6 Å². The van der Waals surface area contributed by atoms with Crippen molar-refractivity contribution in [3.63, 3.8) is 0 Å². The zero-order chi connectivity index (χ0) is 13.1. The summed E-state index contributed by atoms with van der Waals surface area (Å²) in [6.45, 7) is 2.63. The maximum Gasteiger partial charge on any atom is 0.271 e. The first-order valence-corrected chi connectivity index (χ1v) is 5.88. The van der Waals surface area contributed by atoms with Crippen LogP contribution in [-0.4, -0.2) is 42.4 Å². The van der Waals surface area contributed by atoms with Gasteiger partial charge in [-0.2, -0.15) is 0 Å². The van der Waals surface area contributed by atoms with Gasteiger partial charge in [-0.25, -0.2) is 0 Å². The lowest BCUT2D eigenvalue weighted by Crippen LogP contribution is -2.45. The molecule has 0 unspecified atom stereocenters. The van der Waals surface area contributed by atoms with Crippen LogP contribution in [0.15, 0.2) is 18.2 Å². The predicted octanol–water partition coefficient (Wildman–Crippen LogP) is 1.53. The summed E-state index contributed by atoms with van der Waals surface area (Å²) in [4.78, 5) is 24.4. The van der Waals surface area contributed by atoms with Gasteiger partial charge in [0, 0.05) is 38.3 Å². The standard InChI is InChI=1S/C11H12ClN3O3/c12-10-7-9(15(17)18)1-2-11(10)14-5-3-13(8-16)4-6-14/h1-2,7-8H,3-6H2. The van der Waals surface area contributed by atoms with Crippen LogP contribution in [0, 0.1) is 10.1 Å². The number of hydrogen-bond donors (Lipinski definition) is 0. The summed E-state index contributed by atoms with van der Waals surface area (Å²) < 4.78 is 0. The van der Waals surface area contributed by atoms with Crippen molar-refractivity contribution in [2.75, 3.05) is 31.1 Å². The van der Waals surface area contributed by atoms with Crippen LogP contribution in [0.5, 0.6) is 0 Å². The van der Waals surface area contributed by atoms with Crippen LogP contribution >= 0.6 is 11.6 Å². The first-order valence-electron chi connectivity index (χ1n) is 5.50. The van der Waals surface area contributed by atoms with E-state index < -0.39 is 4.92 Å². The van der Waals surface area contributed by atoms with Crippen LogP contribution in [0.3, 0.4) is 0 Å². The Morgan fingerprint density at radius 2 is 1.94 bits per heavy atom. The largest absolute Gasteiger partial charge is 0.367 e. The number of benzene rings is 1. The number of rotatable bonds is 3. The normalized spacial score (nSPS) is 15.6. The number of carbonyl (C=O) groups is 1. The van der Waals surface area contributed by atoms with Gasteiger partial charge < -0.3 is 9.80 Å². The maximum atomic E-state index is 10.6. The number of hydrogen-bond acceptors (Lipinski definition) is 4. The molecule has 6 nitrogen and oxygen atoms in total. The molecule has 1 amide bonds. The third kappa shape index (κ3) is 2.53. The summed E-state index contributed by atoms with van der Waals surface area (Å²) in [7, 11) is 0. The Bertz CT molecular complexity index is 473. The van der Waals surface area contributed by atoms with Crippen LogP contribution in [0.1, 0.15) is 0 Å². The topological polar surface area (TPSA) is 66.7 Å². The second-order valence-corrected chi connectivity index (χ2v) is 4.43. The Morgan fingerprint density at radius 1 is 1.28 bits per heavy atom. The van der Waals surface area contributed by atoms with E-state index in [1.807, 2.05) is 4.90 Å². The van der Waals surface area contributed by atoms with Gasteiger partial charge in [0.1, 0.15) is 0 Å². The first-order chi connectivity index (χ1) is 8.61. The molecule has 1 fully saturated rings. The van der Waals surface area contributed by atoms with Crippen molar-refractivity contribution in [1.29, 1.82) is 0 Å². The highest BCUT2D eigenvalue weighted by Gasteiger charge is 2.19. The smallest absolute Gasteiger partial charge is 0.271 e. The Labute approximate surface area is 109 Å². The van der Waals surface area contributed by atoms with E-state index >= 15 is 0 Å². The molecular weight excluding hydrogens is 258 g/mol. The molecule has 0 N–H and O–H groups in total. The Balaban J connectivity index is 2.14. The summed E-state index contributed by atoms with van der Waals surface area (Å²) in [6.07, 6.45) is 0.828. The molecule has 0 saturated carbocycles. The minimum absolute atomic E-state index is 0.0183. The number of piperazine rings is 1. The van der Waals surface area contributed by atoms with Gasteiger partial charge in [0.15, 0.2) is 0 Å². The number of nitro benzene ring substituents is 1. The summed E-state index contributed by atoms with van der Waals surface area (Å²) in [5, 5.41) is 11.0. The van der Waals surface area contributed by atoms with Crippen molar-refractivity contribution >= 4 is 29.4 Å². The molecule has 1 heterocycles. The molecule has 2 rings (SSSR count). The van der Waals surface area contributed by atoms with Gasteiger partial charge in [0.05, 0.1) is 15.6 Å². The second-order valence-electron chi connectivity index (χ2n) is 4.02. The Morgan fingerprint density at radius 3 is 2.44 bits per heavy atom. The summed E-state index contributed by atoms with van der Waals surface area (Å²) in [6, 6.07) is 4.44. The first kappa shape index (κ1) is 12.6. The lowest BCUT2D eigenvalue weighted by atomic mass is 10.2. The minimum atomic E-state index is -0.472. The lowest BCUT2D eigenvalue weighted by molar-refractivity contribution is -0.384. The van der Waals surface area contributed by atoms with E-state index in [9.17, 15) is 14.9 Å². The van der Waals surface area contributed by atoms with Crippen LogP contribution in [0.2, 0.25) is 5.02 Å². The fraction of sp³-hybridized carbons (Fsp3) is 0.364. The van der Waals surface area contributed by atoms with Gasteiger partial charge in [-0.3, -0.25) is 14.9 Å². The number of halogens is 1. The van der Waals surface area contributed by atoms with E-state index in [1.165, 1.54) is 12.1 Å². The minimum Gasteiger partial charge on any atom is -0.367 e. The third-order valence-electron chi connectivity index (χ3n) is 2.95. The van der Waals surface area contributed by atoms with Crippen molar-refractivity contribution in [3.05, 3.63) is 33.3 Å². The lowest BCUT2D eigenvalue weighted by Gasteiger charge is -2.34. The molecule has 96 valence electrons. The van der Waals surface area contributed by atoms with E-state index in [-0.39, 0.29) is 5.69 Å². The fourth-order valence-corrected chi connectivity index (χ4v) is 2.23. The molecule has 0 aromatic heterocycles. The number of non-ortho nitro benzene ring substituents is 1. The molecule has 1 aliphatic heterocycles. The molecular formula is C11H12ClN3O3.